The molecule has 0 aromatic heterocycles. The minimum atomic E-state index is -0.627. The zero-order valence-electron chi connectivity index (χ0n) is 9.80. The molecule has 5 heteroatoms. The molecule has 16 heavy (non-hydrogen) atoms. The molecule has 0 aromatic carbocycles. The predicted molar refractivity (Wildman–Crippen MR) is 53.7 cm³/mol. The van der Waals surface area contributed by atoms with E-state index in [1.54, 1.807) is 7.11 Å². The second kappa shape index (κ2) is 3.17. The van der Waals surface area contributed by atoms with Crippen LogP contribution in [-0.2, 0) is 18.9 Å². The third kappa shape index (κ3) is 1.23. The lowest BCUT2D eigenvalue weighted by Gasteiger charge is -2.45. The van der Waals surface area contributed by atoms with Gasteiger partial charge in [-0.05, 0) is 26.7 Å². The van der Waals surface area contributed by atoms with E-state index in [9.17, 15) is 5.11 Å². The molecule has 5 nitrogen and oxygen atoms in total. The Morgan fingerprint density at radius 2 is 2.00 bits per heavy atom. The van der Waals surface area contributed by atoms with Crippen molar-refractivity contribution in [3.05, 3.63) is 0 Å². The number of hydrogen-bond donors (Lipinski definition) is 1. The fraction of sp³-hybridized carbons (Fsp3) is 1.00. The van der Waals surface area contributed by atoms with Crippen molar-refractivity contribution in [3.8, 4) is 0 Å². The minimum absolute atomic E-state index is 0.226. The van der Waals surface area contributed by atoms with Gasteiger partial charge in [-0.3, -0.25) is 0 Å². The van der Waals surface area contributed by atoms with Crippen LogP contribution in [0.25, 0.3) is 0 Å². The standard InChI is InChI=1S/C11H18O5/c1-10(2)14-7-8(15-10)11(5-4-6(11)12)16-9(7)13-3/h6-9,12H,4-5H2,1-3H3/t6-,7?,8?,9?,11-/m1/s1. The summed E-state index contributed by atoms with van der Waals surface area (Å²) in [7, 11) is 1.58. The molecule has 3 rings (SSSR count). The molecular weight excluding hydrogens is 212 g/mol. The van der Waals surface area contributed by atoms with Crippen LogP contribution in [0.1, 0.15) is 26.7 Å². The topological polar surface area (TPSA) is 57.2 Å². The number of ether oxygens (including phenoxy) is 4. The van der Waals surface area contributed by atoms with Gasteiger partial charge in [-0.25, -0.2) is 0 Å². The summed E-state index contributed by atoms with van der Waals surface area (Å²) in [6, 6.07) is 0. The van der Waals surface area contributed by atoms with Gasteiger partial charge in [-0.1, -0.05) is 0 Å². The second-order valence-electron chi connectivity index (χ2n) is 5.25. The molecule has 3 aliphatic rings. The molecule has 3 unspecified atom stereocenters. The van der Waals surface area contributed by atoms with Crippen LogP contribution in [0.5, 0.6) is 0 Å². The predicted octanol–water partition coefficient (Wildman–Crippen LogP) is 0.403. The third-order valence-electron chi connectivity index (χ3n) is 3.82. The van der Waals surface area contributed by atoms with Crippen LogP contribution in [0.15, 0.2) is 0 Å². The van der Waals surface area contributed by atoms with Crippen molar-refractivity contribution in [2.45, 2.75) is 62.7 Å². The molecule has 1 N–H and O–H groups in total. The average molecular weight is 230 g/mol. The van der Waals surface area contributed by atoms with Gasteiger partial charge < -0.3 is 24.1 Å². The molecule has 0 bridgehead atoms. The molecule has 0 aromatic rings. The van der Waals surface area contributed by atoms with Gasteiger partial charge in [0, 0.05) is 7.11 Å². The summed E-state index contributed by atoms with van der Waals surface area (Å²) in [5.74, 6) is -0.627. The fourth-order valence-corrected chi connectivity index (χ4v) is 2.93. The summed E-state index contributed by atoms with van der Waals surface area (Å²) in [6.45, 7) is 3.74. The number of fused-ring (bicyclic) bond motifs is 2. The van der Waals surface area contributed by atoms with Gasteiger partial charge >= 0.3 is 0 Å². The van der Waals surface area contributed by atoms with Gasteiger partial charge in [0.2, 0.25) is 0 Å². The molecule has 1 aliphatic carbocycles. The summed E-state index contributed by atoms with van der Waals surface area (Å²) in [4.78, 5) is 0. The van der Waals surface area contributed by atoms with Crippen LogP contribution in [0, 0.1) is 0 Å². The van der Waals surface area contributed by atoms with Crippen molar-refractivity contribution in [1.82, 2.24) is 0 Å². The quantitative estimate of drug-likeness (QED) is 0.706. The van der Waals surface area contributed by atoms with Crippen molar-refractivity contribution < 1.29 is 24.1 Å². The maximum absolute atomic E-state index is 9.91. The van der Waals surface area contributed by atoms with Gasteiger partial charge in [-0.15, -0.1) is 0 Å². The van der Waals surface area contributed by atoms with Crippen molar-refractivity contribution in [3.63, 3.8) is 0 Å². The SMILES string of the molecule is COC1O[C@@]2(CC[C@H]2O)C2OC(C)(C)OC12. The molecule has 5 atom stereocenters. The lowest BCUT2D eigenvalue weighted by atomic mass is 9.73. The summed E-state index contributed by atoms with van der Waals surface area (Å²) >= 11 is 0. The Balaban J connectivity index is 1.89. The molecule has 2 heterocycles. The molecule has 0 radical (unpaired) electrons. The van der Waals surface area contributed by atoms with Crippen LogP contribution in [0.2, 0.25) is 0 Å². The number of hydrogen-bond acceptors (Lipinski definition) is 5. The van der Waals surface area contributed by atoms with E-state index in [1.165, 1.54) is 0 Å². The van der Waals surface area contributed by atoms with Crippen LogP contribution < -0.4 is 0 Å². The van der Waals surface area contributed by atoms with E-state index >= 15 is 0 Å². The van der Waals surface area contributed by atoms with E-state index in [-0.39, 0.29) is 12.2 Å². The third-order valence-corrected chi connectivity index (χ3v) is 3.82. The highest BCUT2D eigenvalue weighted by atomic mass is 16.8. The first-order valence-corrected chi connectivity index (χ1v) is 5.73. The van der Waals surface area contributed by atoms with Crippen molar-refractivity contribution >= 4 is 0 Å². The van der Waals surface area contributed by atoms with Crippen LogP contribution in [-0.4, -0.2) is 48.2 Å². The maximum atomic E-state index is 9.91. The number of aliphatic hydroxyl groups is 1. The van der Waals surface area contributed by atoms with Gasteiger partial charge in [0.1, 0.15) is 17.8 Å². The normalized spacial score (nSPS) is 54.0. The Bertz CT molecular complexity index is 305. The van der Waals surface area contributed by atoms with E-state index < -0.39 is 23.8 Å². The molecule has 2 saturated heterocycles. The Labute approximate surface area is 94.6 Å². The molecule has 1 spiro atoms. The van der Waals surface area contributed by atoms with Crippen LogP contribution in [0.3, 0.4) is 0 Å². The molecule has 92 valence electrons. The molecule has 1 saturated carbocycles. The molecule has 3 fully saturated rings. The van der Waals surface area contributed by atoms with Crippen molar-refractivity contribution in [2.24, 2.45) is 0 Å². The average Bonchev–Trinajstić information content (AvgIpc) is 2.68. The van der Waals surface area contributed by atoms with Gasteiger partial charge in [0.25, 0.3) is 0 Å². The smallest absolute Gasteiger partial charge is 0.187 e. The molecular formula is C11H18O5. The Kier molecular flexibility index (Phi) is 2.17. The van der Waals surface area contributed by atoms with Gasteiger partial charge in [-0.2, -0.15) is 0 Å². The highest BCUT2D eigenvalue weighted by molar-refractivity contribution is 5.13. The zero-order chi connectivity index (χ0) is 11.6. The number of methoxy groups -OCH3 is 1. The molecule has 0 amide bonds. The zero-order valence-corrected chi connectivity index (χ0v) is 9.80. The van der Waals surface area contributed by atoms with E-state index in [0.717, 1.165) is 12.8 Å². The summed E-state index contributed by atoms with van der Waals surface area (Å²) in [5.41, 5.74) is -0.612. The first-order chi connectivity index (χ1) is 7.48. The van der Waals surface area contributed by atoms with Gasteiger partial charge in [0.05, 0.1) is 6.10 Å². The van der Waals surface area contributed by atoms with E-state index in [0.29, 0.717) is 0 Å². The maximum Gasteiger partial charge on any atom is 0.187 e. The van der Waals surface area contributed by atoms with Crippen LogP contribution >= 0.6 is 0 Å². The summed E-state index contributed by atoms with van der Waals surface area (Å²) in [5, 5.41) is 9.91. The van der Waals surface area contributed by atoms with Crippen molar-refractivity contribution in [2.75, 3.05) is 7.11 Å². The fourth-order valence-electron chi connectivity index (χ4n) is 2.93. The number of rotatable bonds is 1. The van der Waals surface area contributed by atoms with Gasteiger partial charge in [0.15, 0.2) is 12.1 Å². The first kappa shape index (κ1) is 10.9. The van der Waals surface area contributed by atoms with E-state index in [2.05, 4.69) is 0 Å². The largest absolute Gasteiger partial charge is 0.390 e. The van der Waals surface area contributed by atoms with E-state index in [1.807, 2.05) is 13.8 Å². The summed E-state index contributed by atoms with van der Waals surface area (Å²) in [6.07, 6.45) is 0.170. The Hall–Kier alpha value is -0.200. The monoisotopic (exact) mass is 230 g/mol. The second-order valence-corrected chi connectivity index (χ2v) is 5.25. The highest BCUT2D eigenvalue weighted by Gasteiger charge is 2.68. The van der Waals surface area contributed by atoms with Crippen LogP contribution in [0.4, 0.5) is 0 Å². The minimum Gasteiger partial charge on any atom is -0.390 e. The molecule has 2 aliphatic heterocycles. The highest BCUT2D eigenvalue weighted by Crippen LogP contribution is 2.52. The number of aliphatic hydroxyl groups excluding tert-OH is 1. The Morgan fingerprint density at radius 3 is 2.50 bits per heavy atom. The van der Waals surface area contributed by atoms with E-state index in [4.69, 9.17) is 18.9 Å². The Morgan fingerprint density at radius 1 is 1.25 bits per heavy atom. The van der Waals surface area contributed by atoms with Crippen molar-refractivity contribution in [1.29, 1.82) is 0 Å². The lowest BCUT2D eigenvalue weighted by molar-refractivity contribution is -0.289. The first-order valence-electron chi connectivity index (χ1n) is 5.73. The summed E-state index contributed by atoms with van der Waals surface area (Å²) < 4.78 is 22.7. The lowest BCUT2D eigenvalue weighted by Crippen LogP contribution is -2.59.